The molecule has 1 amide bonds. The van der Waals surface area contributed by atoms with Gasteiger partial charge in [0.05, 0.1) is 5.75 Å². The number of benzene rings is 2. The van der Waals surface area contributed by atoms with E-state index in [2.05, 4.69) is 52.3 Å². The molecule has 0 aliphatic heterocycles. The first-order valence-electron chi connectivity index (χ1n) is 9.95. The van der Waals surface area contributed by atoms with Crippen molar-refractivity contribution in [3.63, 3.8) is 0 Å². The zero-order valence-electron chi connectivity index (χ0n) is 17.6. The summed E-state index contributed by atoms with van der Waals surface area (Å²) in [5.41, 5.74) is 5.41. The van der Waals surface area contributed by atoms with E-state index in [9.17, 15) is 4.79 Å². The molecule has 0 bridgehead atoms. The normalized spacial score (nSPS) is 11.2. The molecule has 2 heterocycles. The predicted octanol–water partition coefficient (Wildman–Crippen LogP) is 4.80. The number of carbonyl (C=O) groups excluding carboxylic acids is 1. The van der Waals surface area contributed by atoms with Crippen molar-refractivity contribution in [2.24, 2.45) is 7.05 Å². The molecular formula is C23H25N5OS. The van der Waals surface area contributed by atoms with Gasteiger partial charge < -0.3 is 14.5 Å². The van der Waals surface area contributed by atoms with Gasteiger partial charge in [0.2, 0.25) is 5.91 Å². The number of aromatic nitrogens is 4. The Morgan fingerprint density at radius 3 is 2.67 bits per heavy atom. The third-order valence-electron chi connectivity index (χ3n) is 5.33. The Bertz CT molecular complexity index is 1220. The highest BCUT2D eigenvalue weighted by Gasteiger charge is 2.17. The van der Waals surface area contributed by atoms with Gasteiger partial charge >= 0.3 is 0 Å². The highest BCUT2D eigenvalue weighted by Crippen LogP contribution is 2.31. The molecule has 2 aromatic carbocycles. The quantitative estimate of drug-likeness (QED) is 0.456. The van der Waals surface area contributed by atoms with Crippen LogP contribution in [0.3, 0.4) is 0 Å². The van der Waals surface area contributed by atoms with Crippen LogP contribution in [0.1, 0.15) is 18.1 Å². The maximum atomic E-state index is 12.4. The number of hydrogen-bond donors (Lipinski definition) is 1. The number of fused-ring (bicyclic) bond motifs is 1. The lowest BCUT2D eigenvalue weighted by atomic mass is 10.1. The fraction of sp³-hybridized carbons (Fsp3) is 0.261. The van der Waals surface area contributed by atoms with Gasteiger partial charge in [-0.3, -0.25) is 4.79 Å². The van der Waals surface area contributed by atoms with Gasteiger partial charge in [-0.05, 0) is 50.1 Å². The third-order valence-corrected chi connectivity index (χ3v) is 6.35. The summed E-state index contributed by atoms with van der Waals surface area (Å²) in [5.74, 6) is 1.01. The largest absolute Gasteiger partial charge is 0.347 e. The van der Waals surface area contributed by atoms with Crippen LogP contribution < -0.4 is 5.32 Å². The van der Waals surface area contributed by atoms with Gasteiger partial charge in [0.1, 0.15) is 0 Å². The second-order valence-corrected chi connectivity index (χ2v) is 8.29. The molecule has 1 N–H and O–H groups in total. The average molecular weight is 420 g/mol. The second-order valence-electron chi connectivity index (χ2n) is 7.35. The molecule has 0 atom stereocenters. The van der Waals surface area contributed by atoms with Crippen LogP contribution in [0.15, 0.2) is 53.8 Å². The Hall–Kier alpha value is -3.06. The molecule has 4 aromatic rings. The van der Waals surface area contributed by atoms with E-state index in [0.717, 1.165) is 34.6 Å². The van der Waals surface area contributed by atoms with Crippen molar-refractivity contribution in [1.29, 1.82) is 0 Å². The summed E-state index contributed by atoms with van der Waals surface area (Å²) < 4.78 is 4.17. The van der Waals surface area contributed by atoms with Crippen molar-refractivity contribution >= 4 is 34.3 Å². The molecule has 154 valence electrons. The molecule has 2 aromatic heterocycles. The van der Waals surface area contributed by atoms with Crippen LogP contribution in [0.5, 0.6) is 0 Å². The molecule has 0 aliphatic rings. The summed E-state index contributed by atoms with van der Waals surface area (Å²) >= 11 is 1.39. The highest BCUT2D eigenvalue weighted by atomic mass is 32.2. The summed E-state index contributed by atoms with van der Waals surface area (Å²) in [4.78, 5) is 12.4. The number of aryl methyl sites for hydroxylation is 3. The molecule has 7 heteroatoms. The Morgan fingerprint density at radius 2 is 1.90 bits per heavy atom. The predicted molar refractivity (Wildman–Crippen MR) is 123 cm³/mol. The van der Waals surface area contributed by atoms with Gasteiger partial charge in [-0.15, -0.1) is 10.2 Å². The topological polar surface area (TPSA) is 64.7 Å². The molecule has 30 heavy (non-hydrogen) atoms. The number of para-hydroxylation sites is 1. The van der Waals surface area contributed by atoms with Gasteiger partial charge in [-0.25, -0.2) is 0 Å². The van der Waals surface area contributed by atoms with E-state index in [1.165, 1.54) is 22.8 Å². The van der Waals surface area contributed by atoms with Crippen molar-refractivity contribution in [2.45, 2.75) is 32.5 Å². The summed E-state index contributed by atoms with van der Waals surface area (Å²) in [6.07, 6.45) is 2.12. The molecule has 0 fully saturated rings. The minimum Gasteiger partial charge on any atom is -0.347 e. The summed E-state index contributed by atoms with van der Waals surface area (Å²) in [7, 11) is 1.94. The van der Waals surface area contributed by atoms with Crippen molar-refractivity contribution in [3.8, 4) is 11.4 Å². The molecule has 0 radical (unpaired) electrons. The van der Waals surface area contributed by atoms with Gasteiger partial charge in [0.25, 0.3) is 0 Å². The number of hydrogen-bond acceptors (Lipinski definition) is 4. The first kappa shape index (κ1) is 20.2. The van der Waals surface area contributed by atoms with Crippen LogP contribution >= 0.6 is 11.8 Å². The van der Waals surface area contributed by atoms with E-state index in [4.69, 9.17) is 0 Å². The first-order chi connectivity index (χ1) is 14.5. The van der Waals surface area contributed by atoms with Crippen LogP contribution in [0, 0.1) is 13.8 Å². The first-order valence-corrected chi connectivity index (χ1v) is 10.9. The van der Waals surface area contributed by atoms with Gasteiger partial charge in [-0.2, -0.15) is 0 Å². The van der Waals surface area contributed by atoms with Crippen LogP contribution in [0.2, 0.25) is 0 Å². The molecule has 0 unspecified atom stereocenters. The average Bonchev–Trinajstić information content (AvgIpc) is 3.29. The zero-order chi connectivity index (χ0) is 21.3. The fourth-order valence-electron chi connectivity index (χ4n) is 3.51. The number of carbonyl (C=O) groups is 1. The van der Waals surface area contributed by atoms with Crippen LogP contribution in [-0.2, 0) is 18.4 Å². The zero-order valence-corrected chi connectivity index (χ0v) is 18.5. The molecule has 6 nitrogen and oxygen atoms in total. The number of amides is 1. The number of nitrogens with one attached hydrogen (secondary N) is 1. The van der Waals surface area contributed by atoms with Crippen LogP contribution in [0.4, 0.5) is 5.69 Å². The maximum Gasteiger partial charge on any atom is 0.234 e. The van der Waals surface area contributed by atoms with E-state index in [0.29, 0.717) is 5.16 Å². The summed E-state index contributed by atoms with van der Waals surface area (Å²) in [6.45, 7) is 7.11. The lowest BCUT2D eigenvalue weighted by Gasteiger charge is -2.07. The minimum atomic E-state index is -0.0598. The SMILES string of the molecule is CCn1cc(-c2nnc(SCC(=O)Nc3ccc(C)c(C)c3)n2C)c2ccccc21. The number of rotatable bonds is 6. The van der Waals surface area contributed by atoms with E-state index in [-0.39, 0.29) is 11.7 Å². The van der Waals surface area contributed by atoms with E-state index < -0.39 is 0 Å². The lowest BCUT2D eigenvalue weighted by Crippen LogP contribution is -2.14. The van der Waals surface area contributed by atoms with Crippen molar-refractivity contribution < 1.29 is 4.79 Å². The standard InChI is InChI=1S/C23H25N5OS/c1-5-28-13-19(18-8-6-7-9-20(18)28)22-25-26-23(27(22)4)30-14-21(29)24-17-11-10-15(2)16(3)12-17/h6-13H,5,14H2,1-4H3,(H,24,29). The number of nitrogens with zero attached hydrogens (tertiary/aromatic N) is 4. The van der Waals surface area contributed by atoms with Crippen LogP contribution in [-0.4, -0.2) is 31.0 Å². The Morgan fingerprint density at radius 1 is 1.10 bits per heavy atom. The molecule has 0 aliphatic carbocycles. The van der Waals surface area contributed by atoms with Gasteiger partial charge in [0.15, 0.2) is 11.0 Å². The second kappa shape index (κ2) is 8.36. The van der Waals surface area contributed by atoms with E-state index in [1.54, 1.807) is 0 Å². The van der Waals surface area contributed by atoms with Gasteiger partial charge in [0, 0.05) is 41.9 Å². The maximum absolute atomic E-state index is 12.4. The molecule has 0 spiro atoms. The molecule has 0 saturated carbocycles. The number of thioether (sulfide) groups is 1. The van der Waals surface area contributed by atoms with Crippen LogP contribution in [0.25, 0.3) is 22.3 Å². The Kier molecular flexibility index (Phi) is 5.63. The summed E-state index contributed by atoms with van der Waals surface area (Å²) in [6, 6.07) is 14.2. The van der Waals surface area contributed by atoms with Gasteiger partial charge in [-0.1, -0.05) is 36.0 Å². The summed E-state index contributed by atoms with van der Waals surface area (Å²) in [5, 5.41) is 13.6. The molecular weight excluding hydrogens is 394 g/mol. The third kappa shape index (κ3) is 3.85. The Balaban J connectivity index is 1.50. The fourth-order valence-corrected chi connectivity index (χ4v) is 4.22. The molecule has 0 saturated heterocycles. The van der Waals surface area contributed by atoms with Crippen molar-refractivity contribution in [2.75, 3.05) is 11.1 Å². The van der Waals surface area contributed by atoms with E-state index in [1.807, 2.05) is 48.9 Å². The molecule has 4 rings (SSSR count). The smallest absolute Gasteiger partial charge is 0.234 e. The lowest BCUT2D eigenvalue weighted by molar-refractivity contribution is -0.113. The Labute approximate surface area is 180 Å². The van der Waals surface area contributed by atoms with Crippen molar-refractivity contribution in [1.82, 2.24) is 19.3 Å². The minimum absolute atomic E-state index is 0.0598. The van der Waals surface area contributed by atoms with E-state index >= 15 is 0 Å². The number of anilines is 1. The van der Waals surface area contributed by atoms with Crippen molar-refractivity contribution in [3.05, 3.63) is 59.8 Å². The highest BCUT2D eigenvalue weighted by molar-refractivity contribution is 7.99. The monoisotopic (exact) mass is 419 g/mol.